The molecule has 2 rings (SSSR count). The number of benzene rings is 1. The zero-order chi connectivity index (χ0) is 12.3. The summed E-state index contributed by atoms with van der Waals surface area (Å²) < 4.78 is 1.13. The van der Waals surface area contributed by atoms with E-state index in [2.05, 4.69) is 34.8 Å². The summed E-state index contributed by atoms with van der Waals surface area (Å²) in [4.78, 5) is 13.9. The van der Waals surface area contributed by atoms with Crippen molar-refractivity contribution in [1.82, 2.24) is 4.90 Å². The van der Waals surface area contributed by atoms with Gasteiger partial charge in [-0.25, -0.2) is 4.79 Å². The summed E-state index contributed by atoms with van der Waals surface area (Å²) >= 11 is 2.25. The molecule has 17 heavy (non-hydrogen) atoms. The Morgan fingerprint density at radius 1 is 1.53 bits per heavy atom. The number of piperidine rings is 1. The van der Waals surface area contributed by atoms with Gasteiger partial charge >= 0.3 is 6.03 Å². The standard InChI is InChI=1S/C13H17IN2O/c1-10-4-3-7-16(9-10)13(17)15-12-6-2-5-11(14)8-12/h2,5-6,8,10H,3-4,7,9H2,1H3,(H,15,17). The van der Waals surface area contributed by atoms with Crippen LogP contribution in [0.4, 0.5) is 10.5 Å². The van der Waals surface area contributed by atoms with Gasteiger partial charge in [-0.1, -0.05) is 13.0 Å². The zero-order valence-electron chi connectivity index (χ0n) is 9.95. The normalized spacial score (nSPS) is 20.1. The van der Waals surface area contributed by atoms with E-state index in [1.165, 1.54) is 6.42 Å². The SMILES string of the molecule is CC1CCCN(C(=O)Nc2cccc(I)c2)C1. The topological polar surface area (TPSA) is 32.3 Å². The lowest BCUT2D eigenvalue weighted by Gasteiger charge is -2.30. The Morgan fingerprint density at radius 3 is 3.06 bits per heavy atom. The average molecular weight is 344 g/mol. The van der Waals surface area contributed by atoms with Crippen molar-refractivity contribution in [3.8, 4) is 0 Å². The fourth-order valence-corrected chi connectivity index (χ4v) is 2.69. The van der Waals surface area contributed by atoms with E-state index < -0.39 is 0 Å². The Kier molecular flexibility index (Phi) is 4.25. The van der Waals surface area contributed by atoms with Crippen LogP contribution in [0.2, 0.25) is 0 Å². The highest BCUT2D eigenvalue weighted by atomic mass is 127. The molecule has 0 saturated carbocycles. The number of rotatable bonds is 1. The van der Waals surface area contributed by atoms with Crippen molar-refractivity contribution in [3.63, 3.8) is 0 Å². The van der Waals surface area contributed by atoms with E-state index in [1.54, 1.807) is 0 Å². The second-order valence-electron chi connectivity index (χ2n) is 4.63. The number of likely N-dealkylation sites (tertiary alicyclic amines) is 1. The molecule has 1 unspecified atom stereocenters. The summed E-state index contributed by atoms with van der Waals surface area (Å²) in [6.45, 7) is 3.95. The van der Waals surface area contributed by atoms with Gasteiger partial charge in [-0.05, 0) is 59.5 Å². The van der Waals surface area contributed by atoms with E-state index >= 15 is 0 Å². The van der Waals surface area contributed by atoms with Crippen molar-refractivity contribution in [2.24, 2.45) is 5.92 Å². The minimum absolute atomic E-state index is 0.0264. The molecule has 1 fully saturated rings. The fourth-order valence-electron chi connectivity index (χ4n) is 2.14. The summed E-state index contributed by atoms with van der Waals surface area (Å²) in [6.07, 6.45) is 2.34. The number of urea groups is 1. The van der Waals surface area contributed by atoms with Crippen LogP contribution >= 0.6 is 22.6 Å². The molecule has 1 saturated heterocycles. The van der Waals surface area contributed by atoms with Crippen LogP contribution in [-0.4, -0.2) is 24.0 Å². The molecular formula is C13H17IN2O. The summed E-state index contributed by atoms with van der Waals surface area (Å²) in [5.74, 6) is 0.616. The van der Waals surface area contributed by atoms with Crippen molar-refractivity contribution in [3.05, 3.63) is 27.8 Å². The Hall–Kier alpha value is -0.780. The molecule has 0 aromatic heterocycles. The second-order valence-corrected chi connectivity index (χ2v) is 5.88. The molecule has 1 aromatic rings. The van der Waals surface area contributed by atoms with E-state index in [4.69, 9.17) is 0 Å². The van der Waals surface area contributed by atoms with Crippen LogP contribution in [0, 0.1) is 9.49 Å². The Balaban J connectivity index is 1.96. The molecule has 0 radical (unpaired) electrons. The molecule has 1 atom stereocenters. The molecule has 1 N–H and O–H groups in total. The highest BCUT2D eigenvalue weighted by Crippen LogP contribution is 2.17. The van der Waals surface area contributed by atoms with Gasteiger partial charge in [-0.2, -0.15) is 0 Å². The molecular weight excluding hydrogens is 327 g/mol. The van der Waals surface area contributed by atoms with E-state index in [0.29, 0.717) is 5.92 Å². The summed E-state index contributed by atoms with van der Waals surface area (Å²) in [7, 11) is 0. The lowest BCUT2D eigenvalue weighted by molar-refractivity contribution is 0.182. The van der Waals surface area contributed by atoms with E-state index in [9.17, 15) is 4.79 Å². The van der Waals surface area contributed by atoms with Gasteiger partial charge in [0.1, 0.15) is 0 Å². The predicted octanol–water partition coefficient (Wildman–Crippen LogP) is 3.56. The van der Waals surface area contributed by atoms with Crippen LogP contribution < -0.4 is 5.32 Å². The second kappa shape index (κ2) is 5.71. The molecule has 92 valence electrons. The number of hydrogen-bond donors (Lipinski definition) is 1. The number of nitrogens with one attached hydrogen (secondary N) is 1. The molecule has 4 heteroatoms. The van der Waals surface area contributed by atoms with Gasteiger partial charge < -0.3 is 10.2 Å². The fraction of sp³-hybridized carbons (Fsp3) is 0.462. The van der Waals surface area contributed by atoms with Gasteiger partial charge in [0, 0.05) is 22.3 Å². The average Bonchev–Trinajstić information content (AvgIpc) is 2.29. The van der Waals surface area contributed by atoms with Gasteiger partial charge in [0.15, 0.2) is 0 Å². The molecule has 1 aromatic carbocycles. The monoisotopic (exact) mass is 344 g/mol. The van der Waals surface area contributed by atoms with Gasteiger partial charge in [-0.15, -0.1) is 0 Å². The number of nitrogens with zero attached hydrogens (tertiary/aromatic N) is 1. The third-order valence-corrected chi connectivity index (χ3v) is 3.69. The lowest BCUT2D eigenvalue weighted by atomic mass is 10.0. The summed E-state index contributed by atoms with van der Waals surface area (Å²) in [6, 6.07) is 7.90. The van der Waals surface area contributed by atoms with E-state index in [-0.39, 0.29) is 6.03 Å². The maximum absolute atomic E-state index is 12.0. The molecule has 2 amide bonds. The number of carbonyl (C=O) groups is 1. The Morgan fingerprint density at radius 2 is 2.35 bits per heavy atom. The molecule has 0 bridgehead atoms. The summed E-state index contributed by atoms with van der Waals surface area (Å²) in [5, 5.41) is 2.96. The number of hydrogen-bond acceptors (Lipinski definition) is 1. The molecule has 1 aliphatic rings. The van der Waals surface area contributed by atoms with E-state index in [1.807, 2.05) is 29.2 Å². The largest absolute Gasteiger partial charge is 0.324 e. The van der Waals surface area contributed by atoms with Gasteiger partial charge in [0.25, 0.3) is 0 Å². The quantitative estimate of drug-likeness (QED) is 0.777. The van der Waals surface area contributed by atoms with Crippen LogP contribution in [0.15, 0.2) is 24.3 Å². The number of halogens is 1. The van der Waals surface area contributed by atoms with Crippen molar-refractivity contribution >= 4 is 34.3 Å². The van der Waals surface area contributed by atoms with Crippen LogP contribution in [0.3, 0.4) is 0 Å². The van der Waals surface area contributed by atoms with Crippen LogP contribution in [0.25, 0.3) is 0 Å². The van der Waals surface area contributed by atoms with Gasteiger partial charge in [0.2, 0.25) is 0 Å². The highest BCUT2D eigenvalue weighted by molar-refractivity contribution is 14.1. The highest BCUT2D eigenvalue weighted by Gasteiger charge is 2.20. The predicted molar refractivity (Wildman–Crippen MR) is 78.1 cm³/mol. The van der Waals surface area contributed by atoms with Crippen molar-refractivity contribution < 1.29 is 4.79 Å². The lowest BCUT2D eigenvalue weighted by Crippen LogP contribution is -2.41. The first kappa shape index (κ1) is 12.7. The smallest absolute Gasteiger partial charge is 0.321 e. The van der Waals surface area contributed by atoms with Gasteiger partial charge in [0.05, 0.1) is 0 Å². The third-order valence-electron chi connectivity index (χ3n) is 3.02. The molecule has 1 heterocycles. The maximum Gasteiger partial charge on any atom is 0.321 e. The van der Waals surface area contributed by atoms with Gasteiger partial charge in [-0.3, -0.25) is 0 Å². The number of carbonyl (C=O) groups excluding carboxylic acids is 1. The summed E-state index contributed by atoms with van der Waals surface area (Å²) in [5.41, 5.74) is 0.875. The van der Waals surface area contributed by atoms with Crippen molar-refractivity contribution in [1.29, 1.82) is 0 Å². The Bertz CT molecular complexity index is 408. The first-order valence-electron chi connectivity index (χ1n) is 5.96. The van der Waals surface area contributed by atoms with E-state index in [0.717, 1.165) is 28.8 Å². The minimum atomic E-state index is 0.0264. The first-order chi connectivity index (χ1) is 8.15. The third kappa shape index (κ3) is 3.59. The van der Waals surface area contributed by atoms with Crippen LogP contribution in [-0.2, 0) is 0 Å². The molecule has 0 spiro atoms. The molecule has 3 nitrogen and oxygen atoms in total. The minimum Gasteiger partial charge on any atom is -0.324 e. The zero-order valence-corrected chi connectivity index (χ0v) is 12.1. The Labute approximate surface area is 116 Å². The first-order valence-corrected chi connectivity index (χ1v) is 7.04. The van der Waals surface area contributed by atoms with Crippen LogP contribution in [0.5, 0.6) is 0 Å². The number of amides is 2. The van der Waals surface area contributed by atoms with Crippen LogP contribution in [0.1, 0.15) is 19.8 Å². The maximum atomic E-state index is 12.0. The molecule has 0 aliphatic carbocycles. The van der Waals surface area contributed by atoms with Crippen molar-refractivity contribution in [2.45, 2.75) is 19.8 Å². The molecule has 1 aliphatic heterocycles. The number of anilines is 1. The van der Waals surface area contributed by atoms with Crippen molar-refractivity contribution in [2.75, 3.05) is 18.4 Å².